The van der Waals surface area contributed by atoms with Crippen molar-refractivity contribution < 1.29 is 18.6 Å². The van der Waals surface area contributed by atoms with Crippen molar-refractivity contribution in [1.29, 1.82) is 0 Å². The molecule has 1 atom stereocenters. The van der Waals surface area contributed by atoms with Crippen molar-refractivity contribution in [2.75, 3.05) is 6.61 Å². The standard InChI is InChI=1S/C14H20BrF2NO2/c1-9(2)12(5-6-19)18-8-10-7-11(15)3-4-13(10)20-14(16)17/h3-4,7,9,12,14,18-19H,5-6,8H2,1-2H3. The summed E-state index contributed by atoms with van der Waals surface area (Å²) in [7, 11) is 0. The highest BCUT2D eigenvalue weighted by Gasteiger charge is 2.15. The van der Waals surface area contributed by atoms with E-state index in [0.717, 1.165) is 4.47 Å². The lowest BCUT2D eigenvalue weighted by Crippen LogP contribution is -2.34. The van der Waals surface area contributed by atoms with Crippen LogP contribution in [0.25, 0.3) is 0 Å². The molecule has 0 fully saturated rings. The van der Waals surface area contributed by atoms with Crippen LogP contribution in [0.1, 0.15) is 25.8 Å². The minimum Gasteiger partial charge on any atom is -0.434 e. The smallest absolute Gasteiger partial charge is 0.387 e. The zero-order chi connectivity index (χ0) is 15.1. The number of aliphatic hydroxyl groups excluding tert-OH is 1. The Balaban J connectivity index is 2.76. The fourth-order valence-electron chi connectivity index (χ4n) is 1.95. The van der Waals surface area contributed by atoms with Gasteiger partial charge in [0.2, 0.25) is 0 Å². The molecule has 0 aliphatic heterocycles. The van der Waals surface area contributed by atoms with Gasteiger partial charge in [0.05, 0.1) is 0 Å². The fourth-order valence-corrected chi connectivity index (χ4v) is 2.36. The highest BCUT2D eigenvalue weighted by molar-refractivity contribution is 9.10. The molecule has 114 valence electrons. The molecule has 6 heteroatoms. The van der Waals surface area contributed by atoms with Gasteiger partial charge >= 0.3 is 6.61 Å². The van der Waals surface area contributed by atoms with Gasteiger partial charge in [-0.3, -0.25) is 0 Å². The normalized spacial score (nSPS) is 13.0. The topological polar surface area (TPSA) is 41.5 Å². The van der Waals surface area contributed by atoms with Crippen molar-refractivity contribution >= 4 is 15.9 Å². The number of hydrogen-bond acceptors (Lipinski definition) is 3. The summed E-state index contributed by atoms with van der Waals surface area (Å²) in [4.78, 5) is 0. The van der Waals surface area contributed by atoms with Crippen LogP contribution >= 0.6 is 15.9 Å². The molecule has 3 nitrogen and oxygen atoms in total. The Morgan fingerprint density at radius 2 is 2.05 bits per heavy atom. The van der Waals surface area contributed by atoms with Crippen LogP contribution in [0.5, 0.6) is 5.75 Å². The zero-order valence-electron chi connectivity index (χ0n) is 11.6. The molecule has 0 saturated carbocycles. The molecule has 0 aromatic heterocycles. The first kappa shape index (κ1) is 17.3. The lowest BCUT2D eigenvalue weighted by Gasteiger charge is -2.22. The largest absolute Gasteiger partial charge is 0.434 e. The van der Waals surface area contributed by atoms with Crippen molar-refractivity contribution in [3.05, 3.63) is 28.2 Å². The Labute approximate surface area is 126 Å². The van der Waals surface area contributed by atoms with Crippen LogP contribution < -0.4 is 10.1 Å². The number of rotatable bonds is 8. The van der Waals surface area contributed by atoms with Crippen molar-refractivity contribution in [3.63, 3.8) is 0 Å². The quantitative estimate of drug-likeness (QED) is 0.752. The Bertz CT molecular complexity index is 416. The summed E-state index contributed by atoms with van der Waals surface area (Å²) in [5.74, 6) is 0.510. The Morgan fingerprint density at radius 1 is 1.35 bits per heavy atom. The van der Waals surface area contributed by atoms with E-state index in [1.54, 1.807) is 12.1 Å². The summed E-state index contributed by atoms with van der Waals surface area (Å²) in [5, 5.41) is 12.3. The van der Waals surface area contributed by atoms with Crippen LogP contribution in [-0.4, -0.2) is 24.4 Å². The molecule has 2 N–H and O–H groups in total. The summed E-state index contributed by atoms with van der Waals surface area (Å²) in [6, 6.07) is 5.05. The Morgan fingerprint density at radius 3 is 2.60 bits per heavy atom. The number of halogens is 3. The van der Waals surface area contributed by atoms with E-state index >= 15 is 0 Å². The highest BCUT2D eigenvalue weighted by atomic mass is 79.9. The summed E-state index contributed by atoms with van der Waals surface area (Å²) >= 11 is 3.32. The van der Waals surface area contributed by atoms with Gasteiger partial charge in [0.1, 0.15) is 5.75 Å². The molecule has 0 spiro atoms. The second-order valence-electron chi connectivity index (χ2n) is 4.87. The monoisotopic (exact) mass is 351 g/mol. The molecule has 0 radical (unpaired) electrons. The average molecular weight is 352 g/mol. The van der Waals surface area contributed by atoms with E-state index in [0.29, 0.717) is 24.4 Å². The van der Waals surface area contributed by atoms with Crippen LogP contribution in [-0.2, 0) is 6.54 Å². The molecule has 0 aliphatic rings. The van der Waals surface area contributed by atoms with Crippen molar-refractivity contribution in [3.8, 4) is 5.75 Å². The van der Waals surface area contributed by atoms with E-state index in [1.807, 2.05) is 13.8 Å². The minimum absolute atomic E-state index is 0.0920. The van der Waals surface area contributed by atoms with E-state index in [4.69, 9.17) is 5.11 Å². The molecule has 20 heavy (non-hydrogen) atoms. The molecule has 0 amide bonds. The SMILES string of the molecule is CC(C)C(CCO)NCc1cc(Br)ccc1OC(F)F. The Kier molecular flexibility index (Phi) is 7.40. The van der Waals surface area contributed by atoms with Crippen LogP contribution in [0.4, 0.5) is 8.78 Å². The number of benzene rings is 1. The predicted octanol–water partition coefficient (Wildman–Crippen LogP) is 3.55. The van der Waals surface area contributed by atoms with Crippen LogP contribution in [0.3, 0.4) is 0 Å². The molecule has 0 aliphatic carbocycles. The van der Waals surface area contributed by atoms with Gasteiger partial charge in [0.15, 0.2) is 0 Å². The molecule has 1 aromatic rings. The third kappa shape index (κ3) is 5.73. The van der Waals surface area contributed by atoms with Crippen molar-refractivity contribution in [2.24, 2.45) is 5.92 Å². The van der Waals surface area contributed by atoms with E-state index < -0.39 is 6.61 Å². The van der Waals surface area contributed by atoms with Gasteiger partial charge in [-0.15, -0.1) is 0 Å². The minimum atomic E-state index is -2.84. The molecule has 1 aromatic carbocycles. The Hall–Kier alpha value is -0.720. The van der Waals surface area contributed by atoms with E-state index in [9.17, 15) is 8.78 Å². The third-order valence-electron chi connectivity index (χ3n) is 3.04. The van der Waals surface area contributed by atoms with E-state index in [2.05, 4.69) is 26.0 Å². The summed E-state index contributed by atoms with van der Waals surface area (Å²) in [5.41, 5.74) is 0.656. The third-order valence-corrected chi connectivity index (χ3v) is 3.53. The van der Waals surface area contributed by atoms with Gasteiger partial charge in [-0.05, 0) is 30.5 Å². The first-order chi connectivity index (χ1) is 9.43. The molecule has 1 unspecified atom stereocenters. The molecule has 0 heterocycles. The number of alkyl halides is 2. The van der Waals surface area contributed by atoms with Gasteiger partial charge in [0.25, 0.3) is 0 Å². The summed E-state index contributed by atoms with van der Waals surface area (Å²) < 4.78 is 30.0. The average Bonchev–Trinajstić information content (AvgIpc) is 2.36. The summed E-state index contributed by atoms with van der Waals surface area (Å²) in [6.07, 6.45) is 0.622. The number of hydrogen-bond donors (Lipinski definition) is 2. The number of nitrogens with one attached hydrogen (secondary N) is 1. The zero-order valence-corrected chi connectivity index (χ0v) is 13.2. The van der Waals surface area contributed by atoms with Gasteiger partial charge < -0.3 is 15.2 Å². The fraction of sp³-hybridized carbons (Fsp3) is 0.571. The van der Waals surface area contributed by atoms with E-state index in [-0.39, 0.29) is 18.4 Å². The molecular weight excluding hydrogens is 332 g/mol. The first-order valence-corrected chi connectivity index (χ1v) is 7.30. The lowest BCUT2D eigenvalue weighted by molar-refractivity contribution is -0.0505. The molecule has 0 saturated heterocycles. The van der Waals surface area contributed by atoms with Gasteiger partial charge in [-0.25, -0.2) is 0 Å². The van der Waals surface area contributed by atoms with Crippen LogP contribution in [0.15, 0.2) is 22.7 Å². The lowest BCUT2D eigenvalue weighted by atomic mass is 10.0. The molecule has 1 rings (SSSR count). The van der Waals surface area contributed by atoms with Crippen molar-refractivity contribution in [2.45, 2.75) is 39.5 Å². The van der Waals surface area contributed by atoms with Gasteiger partial charge in [0, 0.05) is 29.2 Å². The maximum atomic E-state index is 12.4. The van der Waals surface area contributed by atoms with Gasteiger partial charge in [-0.1, -0.05) is 29.8 Å². The molecular formula is C14H20BrF2NO2. The van der Waals surface area contributed by atoms with E-state index in [1.165, 1.54) is 6.07 Å². The van der Waals surface area contributed by atoms with Crippen LogP contribution in [0, 0.1) is 5.92 Å². The predicted molar refractivity (Wildman–Crippen MR) is 77.9 cm³/mol. The molecule has 0 bridgehead atoms. The number of aliphatic hydroxyl groups is 1. The maximum absolute atomic E-state index is 12.4. The highest BCUT2D eigenvalue weighted by Crippen LogP contribution is 2.25. The van der Waals surface area contributed by atoms with Crippen molar-refractivity contribution in [1.82, 2.24) is 5.32 Å². The summed E-state index contributed by atoms with van der Waals surface area (Å²) in [6.45, 7) is 1.75. The van der Waals surface area contributed by atoms with Gasteiger partial charge in [-0.2, -0.15) is 8.78 Å². The first-order valence-electron chi connectivity index (χ1n) is 6.51. The van der Waals surface area contributed by atoms with Crippen LogP contribution in [0.2, 0.25) is 0 Å². The second kappa shape index (κ2) is 8.54. The second-order valence-corrected chi connectivity index (χ2v) is 5.79. The number of ether oxygens (including phenoxy) is 1. The maximum Gasteiger partial charge on any atom is 0.387 e.